The smallest absolute Gasteiger partial charge is 0.425 e. The van der Waals surface area contributed by atoms with E-state index in [0.717, 1.165) is 20.0 Å². The number of aryl methyl sites for hydroxylation is 2. The molecular weight excluding hydrogens is 453 g/mol. The number of piperazine rings is 1. The molecule has 1 amide bonds. The van der Waals surface area contributed by atoms with E-state index in [-0.39, 0.29) is 31.1 Å². The predicted molar refractivity (Wildman–Crippen MR) is 106 cm³/mol. The second-order valence-corrected chi connectivity index (χ2v) is 9.56. The van der Waals surface area contributed by atoms with E-state index in [9.17, 15) is 36.6 Å². The van der Waals surface area contributed by atoms with Gasteiger partial charge in [0.05, 0.1) is 6.42 Å². The fourth-order valence-corrected chi connectivity index (χ4v) is 5.14. The van der Waals surface area contributed by atoms with Crippen LogP contribution in [0.4, 0.5) is 13.2 Å². The number of aromatic hydroxyl groups is 1. The maximum atomic E-state index is 13.7. The number of amides is 1. The van der Waals surface area contributed by atoms with Crippen molar-refractivity contribution in [1.82, 2.24) is 18.8 Å². The maximum absolute atomic E-state index is 13.7. The first-order chi connectivity index (χ1) is 14.8. The molecule has 0 spiro atoms. The largest absolute Gasteiger partial charge is 0.507 e. The third kappa shape index (κ3) is 4.32. The fraction of sp³-hybridized carbons (Fsp3) is 0.474. The summed E-state index contributed by atoms with van der Waals surface area (Å²) in [7, 11) is -2.79. The van der Waals surface area contributed by atoms with E-state index in [2.05, 4.69) is 4.98 Å². The first kappa shape index (κ1) is 24.0. The molecule has 0 bridgehead atoms. The number of hydrogen-bond donors (Lipinski definition) is 2. The number of hydrogen-bond acceptors (Lipinski definition) is 6. The molecule has 2 N–H and O–H groups in total. The molecule has 2 heterocycles. The molecule has 1 aliphatic heterocycles. The first-order valence-corrected chi connectivity index (χ1v) is 11.1. The Balaban J connectivity index is 1.74. The highest BCUT2D eigenvalue weighted by molar-refractivity contribution is 7.89. The van der Waals surface area contributed by atoms with Crippen molar-refractivity contribution in [3.05, 3.63) is 42.0 Å². The van der Waals surface area contributed by atoms with E-state index in [1.165, 1.54) is 25.4 Å². The second kappa shape index (κ2) is 8.37. The van der Waals surface area contributed by atoms with Crippen molar-refractivity contribution >= 4 is 15.9 Å². The molecule has 1 fully saturated rings. The number of rotatable bonds is 5. The standard InChI is InChI=1S/C19H23F3N4O5S/c1-13-3-4-14(27)15(11-13)32(30,31)26-9-7-25(8-10-26)16(28)12-18(29,19(20,21)22)17-23-5-6-24(17)2/h3-6,11,27,29H,7-10,12H2,1-2H3. The Hall–Kier alpha value is -2.64. The number of alkyl halides is 3. The molecule has 176 valence electrons. The number of nitrogens with zero attached hydrogens (tertiary/aromatic N) is 4. The molecule has 1 aliphatic rings. The van der Waals surface area contributed by atoms with Gasteiger partial charge in [-0.15, -0.1) is 0 Å². The van der Waals surface area contributed by atoms with Gasteiger partial charge in [0, 0.05) is 45.6 Å². The second-order valence-electron chi connectivity index (χ2n) is 7.65. The zero-order valence-corrected chi connectivity index (χ0v) is 18.2. The Morgan fingerprint density at radius 3 is 2.34 bits per heavy atom. The summed E-state index contributed by atoms with van der Waals surface area (Å²) in [5, 5.41) is 20.3. The van der Waals surface area contributed by atoms with Crippen molar-refractivity contribution < 1.29 is 36.6 Å². The van der Waals surface area contributed by atoms with E-state index in [1.807, 2.05) is 0 Å². The van der Waals surface area contributed by atoms with Crippen molar-refractivity contribution in [2.75, 3.05) is 26.2 Å². The van der Waals surface area contributed by atoms with Gasteiger partial charge in [-0.25, -0.2) is 13.4 Å². The van der Waals surface area contributed by atoms with Crippen molar-refractivity contribution in [3.8, 4) is 5.75 Å². The van der Waals surface area contributed by atoms with Crippen LogP contribution < -0.4 is 0 Å². The molecule has 0 radical (unpaired) electrons. The van der Waals surface area contributed by atoms with E-state index in [0.29, 0.717) is 5.56 Å². The highest BCUT2D eigenvalue weighted by atomic mass is 32.2. The minimum Gasteiger partial charge on any atom is -0.507 e. The normalized spacial score (nSPS) is 17.9. The molecule has 3 rings (SSSR count). The van der Waals surface area contributed by atoms with Gasteiger partial charge in [0.2, 0.25) is 21.5 Å². The minimum absolute atomic E-state index is 0.168. The molecule has 1 atom stereocenters. The Morgan fingerprint density at radius 2 is 1.81 bits per heavy atom. The average molecular weight is 476 g/mol. The molecule has 1 saturated heterocycles. The van der Waals surface area contributed by atoms with Crippen LogP contribution in [0.25, 0.3) is 0 Å². The van der Waals surface area contributed by atoms with Crippen LogP contribution in [0.1, 0.15) is 17.8 Å². The summed E-state index contributed by atoms with van der Waals surface area (Å²) < 4.78 is 68.7. The SMILES string of the molecule is Cc1ccc(O)c(S(=O)(=O)N2CCN(C(=O)CC(O)(c3nccn3C)C(F)(F)F)CC2)c1. The summed E-state index contributed by atoms with van der Waals surface area (Å²) in [5.41, 5.74) is -2.87. The van der Waals surface area contributed by atoms with Crippen molar-refractivity contribution in [3.63, 3.8) is 0 Å². The lowest BCUT2D eigenvalue weighted by Crippen LogP contribution is -2.53. The highest BCUT2D eigenvalue weighted by Gasteiger charge is 2.59. The van der Waals surface area contributed by atoms with Gasteiger partial charge in [-0.05, 0) is 24.6 Å². The van der Waals surface area contributed by atoms with Crippen LogP contribution in [0.5, 0.6) is 5.75 Å². The average Bonchev–Trinajstić information content (AvgIpc) is 3.15. The molecule has 9 nitrogen and oxygen atoms in total. The van der Waals surface area contributed by atoms with Crippen molar-refractivity contribution in [1.29, 1.82) is 0 Å². The predicted octanol–water partition coefficient (Wildman–Crippen LogP) is 1.11. The molecule has 1 aromatic heterocycles. The molecular formula is C19H23F3N4O5S. The van der Waals surface area contributed by atoms with Gasteiger partial charge in [-0.3, -0.25) is 4.79 Å². The third-order valence-electron chi connectivity index (χ3n) is 5.39. The quantitative estimate of drug-likeness (QED) is 0.668. The molecule has 1 aromatic carbocycles. The Bertz CT molecular complexity index is 1110. The number of aromatic nitrogens is 2. The Kier molecular flexibility index (Phi) is 6.28. The molecule has 0 saturated carbocycles. The summed E-state index contributed by atoms with van der Waals surface area (Å²) >= 11 is 0. The molecule has 1 unspecified atom stereocenters. The number of aliphatic hydroxyl groups is 1. The number of sulfonamides is 1. The number of phenolic OH excluding ortho intramolecular Hbond substituents is 1. The summed E-state index contributed by atoms with van der Waals surface area (Å²) in [5.74, 6) is -2.11. The van der Waals surface area contributed by atoms with Crippen LogP contribution in [-0.4, -0.2) is 75.6 Å². The van der Waals surface area contributed by atoms with Gasteiger partial charge >= 0.3 is 6.18 Å². The lowest BCUT2D eigenvalue weighted by Gasteiger charge is -2.36. The van der Waals surface area contributed by atoms with Gasteiger partial charge < -0.3 is 19.7 Å². The van der Waals surface area contributed by atoms with E-state index >= 15 is 0 Å². The Labute approximate surface area is 182 Å². The third-order valence-corrected chi connectivity index (χ3v) is 7.32. The van der Waals surface area contributed by atoms with Crippen molar-refractivity contribution in [2.24, 2.45) is 7.05 Å². The van der Waals surface area contributed by atoms with Gasteiger partial charge in [-0.1, -0.05) is 6.07 Å². The van der Waals surface area contributed by atoms with E-state index in [1.54, 1.807) is 13.0 Å². The van der Waals surface area contributed by atoms with Crippen LogP contribution in [-0.2, 0) is 27.5 Å². The summed E-state index contributed by atoms with van der Waals surface area (Å²) in [6.07, 6.45) is -4.13. The lowest BCUT2D eigenvalue weighted by atomic mass is 9.96. The number of benzene rings is 1. The molecule has 32 heavy (non-hydrogen) atoms. The minimum atomic E-state index is -5.16. The fourth-order valence-electron chi connectivity index (χ4n) is 3.55. The summed E-state index contributed by atoms with van der Waals surface area (Å²) in [6.45, 7) is 0.985. The number of halogens is 3. The summed E-state index contributed by atoms with van der Waals surface area (Å²) in [6, 6.07) is 4.13. The van der Waals surface area contributed by atoms with Gasteiger partial charge in [0.25, 0.3) is 0 Å². The highest BCUT2D eigenvalue weighted by Crippen LogP contribution is 2.41. The van der Waals surface area contributed by atoms with Gasteiger partial charge in [0.1, 0.15) is 10.6 Å². The maximum Gasteiger partial charge on any atom is 0.425 e. The van der Waals surface area contributed by atoms with Crippen LogP contribution >= 0.6 is 0 Å². The van der Waals surface area contributed by atoms with E-state index in [4.69, 9.17) is 0 Å². The van der Waals surface area contributed by atoms with E-state index < -0.39 is 45.7 Å². The van der Waals surface area contributed by atoms with Crippen LogP contribution in [0.3, 0.4) is 0 Å². The van der Waals surface area contributed by atoms with Crippen LogP contribution in [0.15, 0.2) is 35.5 Å². The number of phenols is 1. The lowest BCUT2D eigenvalue weighted by molar-refractivity contribution is -0.272. The first-order valence-electron chi connectivity index (χ1n) is 9.62. The topological polar surface area (TPSA) is 116 Å². The van der Waals surface area contributed by atoms with Gasteiger partial charge in [-0.2, -0.15) is 17.5 Å². The number of imidazole rings is 1. The van der Waals surface area contributed by atoms with Crippen molar-refractivity contribution in [2.45, 2.75) is 30.0 Å². The van der Waals surface area contributed by atoms with Crippen LogP contribution in [0.2, 0.25) is 0 Å². The molecule has 13 heteroatoms. The van der Waals surface area contributed by atoms with Crippen LogP contribution in [0, 0.1) is 6.92 Å². The molecule has 2 aromatic rings. The monoisotopic (exact) mass is 476 g/mol. The molecule has 0 aliphatic carbocycles. The number of carbonyl (C=O) groups excluding carboxylic acids is 1. The summed E-state index contributed by atoms with van der Waals surface area (Å²) in [4.78, 5) is 17.0. The zero-order chi connectivity index (χ0) is 23.9. The van der Waals surface area contributed by atoms with Gasteiger partial charge in [0.15, 0.2) is 5.82 Å². The Morgan fingerprint density at radius 1 is 1.19 bits per heavy atom. The number of carbonyl (C=O) groups is 1. The zero-order valence-electron chi connectivity index (χ0n) is 17.4.